The minimum Gasteiger partial charge on any atom is -0.371 e. The molecule has 2 rings (SSSR count). The molecule has 0 spiro atoms. The van der Waals surface area contributed by atoms with Crippen LogP contribution in [0.2, 0.25) is 0 Å². The third-order valence-electron chi connectivity index (χ3n) is 5.48. The van der Waals surface area contributed by atoms with E-state index in [0.717, 1.165) is 50.9 Å². The average Bonchev–Trinajstić information content (AvgIpc) is 2.67. The number of carbonyl (C=O) groups is 1. The number of carbonyl (C=O) groups excluding carboxylic acids is 1. The number of hydrogen-bond donors (Lipinski definition) is 1. The fourth-order valence-electron chi connectivity index (χ4n) is 3.68. The molecule has 1 aromatic rings. The van der Waals surface area contributed by atoms with Gasteiger partial charge in [0.2, 0.25) is 10.0 Å². The van der Waals surface area contributed by atoms with Crippen LogP contribution >= 0.6 is 0 Å². The lowest BCUT2D eigenvalue weighted by molar-refractivity contribution is 0.0938. The Kier molecular flexibility index (Phi) is 8.52. The summed E-state index contributed by atoms with van der Waals surface area (Å²) in [4.78, 5) is 15.5. The van der Waals surface area contributed by atoms with Crippen molar-refractivity contribution in [1.29, 1.82) is 0 Å². The van der Waals surface area contributed by atoms with E-state index in [1.807, 2.05) is 6.92 Å². The smallest absolute Gasteiger partial charge is 0.253 e. The molecule has 1 N–H and O–H groups in total. The van der Waals surface area contributed by atoms with E-state index < -0.39 is 10.0 Å². The van der Waals surface area contributed by atoms with E-state index in [-0.39, 0.29) is 16.8 Å². The summed E-state index contributed by atoms with van der Waals surface area (Å²) in [6.07, 6.45) is 6.48. The van der Waals surface area contributed by atoms with Gasteiger partial charge in [0.1, 0.15) is 0 Å². The second kappa shape index (κ2) is 10.4. The van der Waals surface area contributed by atoms with Crippen LogP contribution in [0, 0.1) is 5.92 Å². The molecule has 1 unspecified atom stereocenters. The van der Waals surface area contributed by atoms with Crippen molar-refractivity contribution < 1.29 is 13.2 Å². The maximum absolute atomic E-state index is 13.1. The Balaban J connectivity index is 2.28. The fourth-order valence-corrected chi connectivity index (χ4v) is 4.61. The van der Waals surface area contributed by atoms with Crippen molar-refractivity contribution in [2.24, 2.45) is 5.92 Å². The molecule has 0 bridgehead atoms. The Bertz CT molecular complexity index is 784. The van der Waals surface area contributed by atoms with E-state index in [9.17, 15) is 13.2 Å². The maximum Gasteiger partial charge on any atom is 0.253 e. The summed E-state index contributed by atoms with van der Waals surface area (Å²) in [5.74, 6) is 0.454. The lowest BCUT2D eigenvalue weighted by Gasteiger charge is -2.31. The first kappa shape index (κ1) is 23.7. The van der Waals surface area contributed by atoms with Gasteiger partial charge >= 0.3 is 0 Å². The number of nitrogens with one attached hydrogen (secondary N) is 1. The van der Waals surface area contributed by atoms with Gasteiger partial charge in [-0.3, -0.25) is 4.79 Å². The van der Waals surface area contributed by atoms with Crippen molar-refractivity contribution in [1.82, 2.24) is 9.62 Å². The largest absolute Gasteiger partial charge is 0.371 e. The van der Waals surface area contributed by atoms with Crippen LogP contribution in [0.25, 0.3) is 0 Å². The molecule has 1 aromatic carbocycles. The van der Waals surface area contributed by atoms with Gasteiger partial charge in [0.05, 0.1) is 10.5 Å². The molecule has 0 aliphatic carbocycles. The number of piperidine rings is 1. The predicted molar refractivity (Wildman–Crippen MR) is 119 cm³/mol. The number of amides is 1. The summed E-state index contributed by atoms with van der Waals surface area (Å²) >= 11 is 0. The van der Waals surface area contributed by atoms with E-state index in [1.165, 1.54) is 30.9 Å². The first-order valence-electron chi connectivity index (χ1n) is 10.7. The monoisotopic (exact) mass is 423 g/mol. The van der Waals surface area contributed by atoms with Gasteiger partial charge in [-0.1, -0.05) is 26.7 Å². The normalized spacial score (nSPS) is 16.3. The molecule has 1 aliphatic heterocycles. The van der Waals surface area contributed by atoms with Crippen LogP contribution in [0.1, 0.15) is 69.7 Å². The van der Waals surface area contributed by atoms with E-state index in [2.05, 4.69) is 24.1 Å². The number of benzene rings is 1. The molecule has 1 heterocycles. The highest BCUT2D eigenvalue weighted by atomic mass is 32.2. The number of nitrogens with zero attached hydrogens (tertiary/aromatic N) is 2. The minimum atomic E-state index is -3.60. The zero-order valence-corrected chi connectivity index (χ0v) is 19.4. The van der Waals surface area contributed by atoms with Crippen LogP contribution < -0.4 is 10.2 Å². The topological polar surface area (TPSA) is 69.7 Å². The summed E-state index contributed by atoms with van der Waals surface area (Å²) in [6, 6.07) is 4.99. The van der Waals surface area contributed by atoms with Gasteiger partial charge in [-0.05, 0) is 56.7 Å². The Labute approximate surface area is 176 Å². The summed E-state index contributed by atoms with van der Waals surface area (Å²) in [5, 5.41) is 3.08. The predicted octanol–water partition coefficient (Wildman–Crippen LogP) is 3.87. The molecule has 1 saturated heterocycles. The number of anilines is 1. The third kappa shape index (κ3) is 6.44. The zero-order chi connectivity index (χ0) is 21.6. The van der Waals surface area contributed by atoms with Crippen molar-refractivity contribution in [2.45, 2.75) is 70.2 Å². The Morgan fingerprint density at radius 1 is 1.10 bits per heavy atom. The van der Waals surface area contributed by atoms with Crippen molar-refractivity contribution >= 4 is 21.6 Å². The van der Waals surface area contributed by atoms with Crippen LogP contribution in [0.5, 0.6) is 0 Å². The molecule has 1 amide bonds. The molecule has 1 fully saturated rings. The van der Waals surface area contributed by atoms with Gasteiger partial charge in [0.25, 0.3) is 5.91 Å². The van der Waals surface area contributed by atoms with Gasteiger partial charge in [0.15, 0.2) is 0 Å². The van der Waals surface area contributed by atoms with Gasteiger partial charge < -0.3 is 10.2 Å². The highest BCUT2D eigenvalue weighted by molar-refractivity contribution is 7.89. The van der Waals surface area contributed by atoms with Crippen molar-refractivity contribution in [3.05, 3.63) is 23.8 Å². The Morgan fingerprint density at radius 3 is 2.34 bits per heavy atom. The van der Waals surface area contributed by atoms with Gasteiger partial charge in [-0.15, -0.1) is 0 Å². The Hall–Kier alpha value is -1.60. The molecule has 164 valence electrons. The Morgan fingerprint density at radius 2 is 1.76 bits per heavy atom. The second-order valence-electron chi connectivity index (χ2n) is 8.71. The standard InChI is InChI=1S/C22H37N3O3S/c1-17(2)10-9-11-18(3)23-22(26)20-16-19(29(27,28)24(4)5)12-13-21(20)25-14-7-6-8-15-25/h12-13,16-18H,6-11,14-15H2,1-5H3,(H,23,26). The van der Waals surface area contributed by atoms with Crippen LogP contribution in [0.4, 0.5) is 5.69 Å². The van der Waals surface area contributed by atoms with Crippen LogP contribution in [-0.2, 0) is 10.0 Å². The summed E-state index contributed by atoms with van der Waals surface area (Å²) < 4.78 is 26.4. The summed E-state index contributed by atoms with van der Waals surface area (Å²) in [5.41, 5.74) is 1.28. The average molecular weight is 424 g/mol. The molecule has 29 heavy (non-hydrogen) atoms. The van der Waals surface area contributed by atoms with Crippen molar-refractivity contribution in [3.63, 3.8) is 0 Å². The van der Waals surface area contributed by atoms with Crippen molar-refractivity contribution in [3.8, 4) is 0 Å². The van der Waals surface area contributed by atoms with Crippen LogP contribution in [0.15, 0.2) is 23.1 Å². The van der Waals surface area contributed by atoms with E-state index in [0.29, 0.717) is 11.5 Å². The van der Waals surface area contributed by atoms with E-state index in [1.54, 1.807) is 12.1 Å². The molecule has 1 atom stereocenters. The first-order valence-corrected chi connectivity index (χ1v) is 12.2. The SMILES string of the molecule is CC(C)CCCC(C)NC(=O)c1cc(S(=O)(=O)N(C)C)ccc1N1CCCCC1. The van der Waals surface area contributed by atoms with Gasteiger partial charge in [0, 0.05) is 38.9 Å². The second-order valence-corrected chi connectivity index (χ2v) is 10.9. The summed E-state index contributed by atoms with van der Waals surface area (Å²) in [6.45, 7) is 8.20. The minimum absolute atomic E-state index is 0.0459. The zero-order valence-electron chi connectivity index (χ0n) is 18.6. The molecule has 0 aromatic heterocycles. The quantitative estimate of drug-likeness (QED) is 0.655. The molecular formula is C22H37N3O3S. The number of rotatable bonds is 9. The van der Waals surface area contributed by atoms with Gasteiger partial charge in [-0.25, -0.2) is 12.7 Å². The lowest BCUT2D eigenvalue weighted by Crippen LogP contribution is -2.36. The van der Waals surface area contributed by atoms with E-state index >= 15 is 0 Å². The highest BCUT2D eigenvalue weighted by Gasteiger charge is 2.24. The molecule has 1 aliphatic rings. The fraction of sp³-hybridized carbons (Fsp3) is 0.682. The van der Waals surface area contributed by atoms with E-state index in [4.69, 9.17) is 0 Å². The first-order chi connectivity index (χ1) is 13.6. The van der Waals surface area contributed by atoms with Crippen LogP contribution in [-0.4, -0.2) is 51.9 Å². The summed E-state index contributed by atoms with van der Waals surface area (Å²) in [7, 11) is -0.589. The number of hydrogen-bond acceptors (Lipinski definition) is 4. The highest BCUT2D eigenvalue weighted by Crippen LogP contribution is 2.28. The molecule has 0 radical (unpaired) electrons. The lowest BCUT2D eigenvalue weighted by atomic mass is 10.0. The maximum atomic E-state index is 13.1. The molecular weight excluding hydrogens is 386 g/mol. The molecule has 7 heteroatoms. The molecule has 0 saturated carbocycles. The number of sulfonamides is 1. The van der Waals surface area contributed by atoms with Crippen LogP contribution in [0.3, 0.4) is 0 Å². The molecule has 6 nitrogen and oxygen atoms in total. The van der Waals surface area contributed by atoms with Crippen molar-refractivity contribution in [2.75, 3.05) is 32.1 Å². The van der Waals surface area contributed by atoms with Gasteiger partial charge in [-0.2, -0.15) is 0 Å². The third-order valence-corrected chi connectivity index (χ3v) is 7.30.